The van der Waals surface area contributed by atoms with Gasteiger partial charge in [0.1, 0.15) is 17.3 Å². The van der Waals surface area contributed by atoms with Gasteiger partial charge in [-0.1, -0.05) is 0 Å². The molecule has 1 aromatic heterocycles. The molecule has 0 unspecified atom stereocenters. The van der Waals surface area contributed by atoms with Crippen molar-refractivity contribution in [2.24, 2.45) is 0 Å². The van der Waals surface area contributed by atoms with Crippen LogP contribution < -0.4 is 10.1 Å². The standard InChI is InChI=1S/C22H21NO5/c1-26-18-9-5-15(6-10-18)20-13-11-19(28-20)12-14-21(24)23-17-7-3-16(4-8-17)22(25)27-2/h3-11,13H,12,14H2,1-2H3,(H,23,24). The Kier molecular flexibility index (Phi) is 6.11. The lowest BCUT2D eigenvalue weighted by atomic mass is 10.2. The summed E-state index contributed by atoms with van der Waals surface area (Å²) in [5, 5.41) is 2.80. The van der Waals surface area contributed by atoms with Crippen molar-refractivity contribution in [1.82, 2.24) is 0 Å². The lowest BCUT2D eigenvalue weighted by Gasteiger charge is -2.05. The van der Waals surface area contributed by atoms with Crippen LogP contribution in [0.1, 0.15) is 22.5 Å². The van der Waals surface area contributed by atoms with Crippen LogP contribution in [0.15, 0.2) is 65.1 Å². The molecule has 0 spiro atoms. The first-order valence-corrected chi connectivity index (χ1v) is 8.80. The summed E-state index contributed by atoms with van der Waals surface area (Å²) >= 11 is 0. The summed E-state index contributed by atoms with van der Waals surface area (Å²) in [7, 11) is 2.95. The van der Waals surface area contributed by atoms with Gasteiger partial charge in [-0.05, 0) is 60.7 Å². The van der Waals surface area contributed by atoms with E-state index in [1.807, 2.05) is 36.4 Å². The molecule has 0 fully saturated rings. The Hall–Kier alpha value is -3.54. The van der Waals surface area contributed by atoms with Crippen LogP contribution in [0.4, 0.5) is 5.69 Å². The van der Waals surface area contributed by atoms with Crippen LogP contribution in [0.2, 0.25) is 0 Å². The second-order valence-electron chi connectivity index (χ2n) is 6.11. The Balaban J connectivity index is 1.53. The molecule has 28 heavy (non-hydrogen) atoms. The average Bonchev–Trinajstić information content (AvgIpc) is 3.21. The maximum absolute atomic E-state index is 12.1. The normalized spacial score (nSPS) is 10.4. The molecule has 1 amide bonds. The minimum atomic E-state index is -0.414. The highest BCUT2D eigenvalue weighted by Gasteiger charge is 2.09. The number of esters is 1. The average molecular weight is 379 g/mol. The third-order valence-electron chi connectivity index (χ3n) is 4.22. The minimum Gasteiger partial charge on any atom is -0.497 e. The lowest BCUT2D eigenvalue weighted by molar-refractivity contribution is -0.116. The lowest BCUT2D eigenvalue weighted by Crippen LogP contribution is -2.12. The smallest absolute Gasteiger partial charge is 0.337 e. The van der Waals surface area contributed by atoms with E-state index < -0.39 is 5.97 Å². The van der Waals surface area contributed by atoms with Gasteiger partial charge in [0.15, 0.2) is 0 Å². The Morgan fingerprint density at radius 1 is 0.929 bits per heavy atom. The predicted molar refractivity (Wildman–Crippen MR) is 105 cm³/mol. The molecule has 6 nitrogen and oxygen atoms in total. The summed E-state index contributed by atoms with van der Waals surface area (Å²) in [4.78, 5) is 23.6. The quantitative estimate of drug-likeness (QED) is 0.619. The fourth-order valence-corrected chi connectivity index (χ4v) is 2.69. The van der Waals surface area contributed by atoms with E-state index in [0.29, 0.717) is 17.7 Å². The molecule has 0 aliphatic carbocycles. The summed E-state index contributed by atoms with van der Waals surface area (Å²) in [5.41, 5.74) is 2.00. The Labute approximate surface area is 163 Å². The van der Waals surface area contributed by atoms with E-state index in [9.17, 15) is 9.59 Å². The van der Waals surface area contributed by atoms with E-state index in [1.165, 1.54) is 7.11 Å². The number of hydrogen-bond donors (Lipinski definition) is 1. The van der Waals surface area contributed by atoms with Gasteiger partial charge in [0.2, 0.25) is 5.91 Å². The van der Waals surface area contributed by atoms with Crippen LogP contribution >= 0.6 is 0 Å². The molecule has 0 saturated carbocycles. The maximum Gasteiger partial charge on any atom is 0.337 e. The van der Waals surface area contributed by atoms with Crippen LogP contribution in [-0.4, -0.2) is 26.1 Å². The van der Waals surface area contributed by atoms with E-state index in [0.717, 1.165) is 22.8 Å². The number of rotatable bonds is 7. The van der Waals surface area contributed by atoms with Crippen molar-refractivity contribution in [3.05, 3.63) is 72.0 Å². The summed E-state index contributed by atoms with van der Waals surface area (Å²) < 4.78 is 15.6. The van der Waals surface area contributed by atoms with Gasteiger partial charge >= 0.3 is 5.97 Å². The van der Waals surface area contributed by atoms with E-state index >= 15 is 0 Å². The fourth-order valence-electron chi connectivity index (χ4n) is 2.69. The molecule has 0 saturated heterocycles. The predicted octanol–water partition coefficient (Wildman–Crippen LogP) is 4.31. The summed E-state index contributed by atoms with van der Waals surface area (Å²) in [5.74, 6) is 1.72. The van der Waals surface area contributed by atoms with Gasteiger partial charge in [-0.25, -0.2) is 4.79 Å². The molecule has 1 N–H and O–H groups in total. The highest BCUT2D eigenvalue weighted by atomic mass is 16.5. The number of ether oxygens (including phenoxy) is 2. The number of carbonyl (C=O) groups is 2. The Morgan fingerprint density at radius 3 is 2.29 bits per heavy atom. The highest BCUT2D eigenvalue weighted by molar-refractivity contribution is 5.93. The number of anilines is 1. The number of nitrogens with one attached hydrogen (secondary N) is 1. The van der Waals surface area contributed by atoms with Crippen molar-refractivity contribution < 1.29 is 23.5 Å². The van der Waals surface area contributed by atoms with E-state index in [4.69, 9.17) is 9.15 Å². The van der Waals surface area contributed by atoms with Gasteiger partial charge < -0.3 is 19.2 Å². The van der Waals surface area contributed by atoms with Gasteiger partial charge in [0, 0.05) is 24.1 Å². The van der Waals surface area contributed by atoms with E-state index in [1.54, 1.807) is 31.4 Å². The molecule has 0 radical (unpaired) electrons. The first-order valence-electron chi connectivity index (χ1n) is 8.80. The number of benzene rings is 2. The summed E-state index contributed by atoms with van der Waals surface area (Å²) in [6, 6.07) is 17.9. The molecule has 0 aliphatic rings. The number of methoxy groups -OCH3 is 2. The molecule has 144 valence electrons. The maximum atomic E-state index is 12.1. The van der Waals surface area contributed by atoms with Crippen molar-refractivity contribution in [3.8, 4) is 17.1 Å². The molecule has 6 heteroatoms. The van der Waals surface area contributed by atoms with Crippen molar-refractivity contribution in [1.29, 1.82) is 0 Å². The number of carbonyl (C=O) groups excluding carboxylic acids is 2. The van der Waals surface area contributed by atoms with Crippen LogP contribution in [0, 0.1) is 0 Å². The van der Waals surface area contributed by atoms with Gasteiger partial charge in [-0.15, -0.1) is 0 Å². The molecule has 0 atom stereocenters. The second-order valence-corrected chi connectivity index (χ2v) is 6.11. The van der Waals surface area contributed by atoms with E-state index in [-0.39, 0.29) is 12.3 Å². The SMILES string of the molecule is COC(=O)c1ccc(NC(=O)CCc2ccc(-c3ccc(OC)cc3)o2)cc1. The fraction of sp³-hybridized carbons (Fsp3) is 0.182. The van der Waals surface area contributed by atoms with Crippen LogP contribution in [0.3, 0.4) is 0 Å². The zero-order valence-electron chi connectivity index (χ0n) is 15.7. The minimum absolute atomic E-state index is 0.131. The molecule has 3 aromatic rings. The summed E-state index contributed by atoms with van der Waals surface area (Å²) in [6.07, 6.45) is 0.774. The first-order chi connectivity index (χ1) is 13.6. The topological polar surface area (TPSA) is 77.8 Å². The molecular weight excluding hydrogens is 358 g/mol. The molecular formula is C22H21NO5. The van der Waals surface area contributed by atoms with Crippen molar-refractivity contribution in [2.45, 2.75) is 12.8 Å². The summed E-state index contributed by atoms with van der Waals surface area (Å²) in [6.45, 7) is 0. The largest absolute Gasteiger partial charge is 0.497 e. The molecule has 1 heterocycles. The zero-order valence-corrected chi connectivity index (χ0v) is 15.7. The Bertz CT molecular complexity index is 942. The monoisotopic (exact) mass is 379 g/mol. The number of hydrogen-bond acceptors (Lipinski definition) is 5. The number of amides is 1. The number of furan rings is 1. The number of aryl methyl sites for hydroxylation is 1. The third-order valence-corrected chi connectivity index (χ3v) is 4.22. The van der Waals surface area contributed by atoms with Crippen molar-refractivity contribution in [3.63, 3.8) is 0 Å². The second kappa shape index (κ2) is 8.90. The zero-order chi connectivity index (χ0) is 19.9. The van der Waals surface area contributed by atoms with E-state index in [2.05, 4.69) is 10.1 Å². The molecule has 3 rings (SSSR count). The molecule has 0 aliphatic heterocycles. The van der Waals surface area contributed by atoms with Gasteiger partial charge in [-0.2, -0.15) is 0 Å². The van der Waals surface area contributed by atoms with Crippen LogP contribution in [-0.2, 0) is 16.0 Å². The Morgan fingerprint density at radius 2 is 1.64 bits per heavy atom. The van der Waals surface area contributed by atoms with Crippen LogP contribution in [0.5, 0.6) is 5.75 Å². The highest BCUT2D eigenvalue weighted by Crippen LogP contribution is 2.25. The van der Waals surface area contributed by atoms with Gasteiger partial charge in [-0.3, -0.25) is 4.79 Å². The molecule has 2 aromatic carbocycles. The van der Waals surface area contributed by atoms with Gasteiger partial charge in [0.25, 0.3) is 0 Å². The van der Waals surface area contributed by atoms with Gasteiger partial charge in [0.05, 0.1) is 19.8 Å². The van der Waals surface area contributed by atoms with Crippen LogP contribution in [0.25, 0.3) is 11.3 Å². The molecule has 0 bridgehead atoms. The first kappa shape index (κ1) is 19.2. The van der Waals surface area contributed by atoms with Crippen molar-refractivity contribution >= 4 is 17.6 Å². The third kappa shape index (κ3) is 4.79. The van der Waals surface area contributed by atoms with Crippen molar-refractivity contribution in [2.75, 3.05) is 19.5 Å².